The lowest BCUT2D eigenvalue weighted by molar-refractivity contribution is 0.669. The predicted octanol–water partition coefficient (Wildman–Crippen LogP) is 14.7. The molecule has 1 aromatic heterocycles. The summed E-state index contributed by atoms with van der Waals surface area (Å²) in [4.78, 5) is 2.44. The lowest BCUT2D eigenvalue weighted by atomic mass is 9.70. The van der Waals surface area contributed by atoms with E-state index in [1.165, 1.54) is 55.6 Å². The Bertz CT molecular complexity index is 3140. The monoisotopic (exact) mass is 725 g/mol. The van der Waals surface area contributed by atoms with E-state index >= 15 is 0 Å². The largest absolute Gasteiger partial charge is 0.456 e. The molecule has 2 aliphatic rings. The molecule has 2 nitrogen and oxygen atoms in total. The van der Waals surface area contributed by atoms with Crippen molar-refractivity contribution in [3.63, 3.8) is 0 Å². The van der Waals surface area contributed by atoms with Gasteiger partial charge in [0.1, 0.15) is 11.2 Å². The van der Waals surface area contributed by atoms with Crippen LogP contribution in [0.2, 0.25) is 0 Å². The van der Waals surface area contributed by atoms with E-state index in [0.717, 1.165) is 50.1 Å². The molecule has 2 aliphatic carbocycles. The van der Waals surface area contributed by atoms with Crippen molar-refractivity contribution in [1.82, 2.24) is 0 Å². The second-order valence-corrected chi connectivity index (χ2v) is 15.2. The summed E-state index contributed by atoms with van der Waals surface area (Å²) in [5.41, 5.74) is 19.9. The standard InChI is InChI=1S/C55H35NO/c1-2-15-36(16-3-1)37-29-31-38(32-30-37)56(51-26-12-7-20-43(51)44-22-14-28-53-54(44)45-21-8-13-27-52(45)57-53)39-33-34-50-46(35-39)42-19-6-11-25-49(42)55(50)47-23-9-4-17-40(47)41-18-5-10-24-48(41)55/h1-35H. The Labute approximate surface area is 331 Å². The van der Waals surface area contributed by atoms with Crippen molar-refractivity contribution in [3.8, 4) is 44.5 Å². The van der Waals surface area contributed by atoms with E-state index in [2.05, 4.69) is 211 Å². The van der Waals surface area contributed by atoms with Crippen LogP contribution in [0, 0.1) is 0 Å². The maximum absolute atomic E-state index is 6.41. The Kier molecular flexibility index (Phi) is 6.88. The van der Waals surface area contributed by atoms with Crippen molar-refractivity contribution in [2.75, 3.05) is 4.90 Å². The van der Waals surface area contributed by atoms with Crippen LogP contribution in [0.25, 0.3) is 66.4 Å². The van der Waals surface area contributed by atoms with Crippen LogP contribution in [0.5, 0.6) is 0 Å². The van der Waals surface area contributed by atoms with E-state index in [0.29, 0.717) is 0 Å². The number of hydrogen-bond acceptors (Lipinski definition) is 2. The van der Waals surface area contributed by atoms with Crippen molar-refractivity contribution >= 4 is 39.0 Å². The average Bonchev–Trinajstić information content (AvgIpc) is 3.91. The molecule has 0 atom stereocenters. The van der Waals surface area contributed by atoms with Crippen molar-refractivity contribution in [2.45, 2.75) is 5.41 Å². The first kappa shape index (κ1) is 31.9. The average molecular weight is 726 g/mol. The van der Waals surface area contributed by atoms with Gasteiger partial charge >= 0.3 is 0 Å². The Morgan fingerprint density at radius 1 is 0.333 bits per heavy atom. The van der Waals surface area contributed by atoms with Gasteiger partial charge in [0.2, 0.25) is 0 Å². The molecular formula is C55H35NO. The van der Waals surface area contributed by atoms with Crippen molar-refractivity contribution in [1.29, 1.82) is 0 Å². The molecule has 0 fully saturated rings. The number of hydrogen-bond donors (Lipinski definition) is 0. The number of nitrogens with zero attached hydrogens (tertiary/aromatic N) is 1. The highest BCUT2D eigenvalue weighted by atomic mass is 16.3. The molecule has 0 amide bonds. The molecule has 0 radical (unpaired) electrons. The van der Waals surface area contributed by atoms with Gasteiger partial charge in [-0.15, -0.1) is 0 Å². The third-order valence-corrected chi connectivity index (χ3v) is 12.3. The normalized spacial score (nSPS) is 13.1. The highest BCUT2D eigenvalue weighted by Crippen LogP contribution is 2.63. The summed E-state index contributed by atoms with van der Waals surface area (Å²) >= 11 is 0. The molecule has 9 aromatic carbocycles. The summed E-state index contributed by atoms with van der Waals surface area (Å²) in [7, 11) is 0. The van der Waals surface area contributed by atoms with E-state index in [9.17, 15) is 0 Å². The second-order valence-electron chi connectivity index (χ2n) is 15.2. The van der Waals surface area contributed by atoms with Crippen LogP contribution in [-0.2, 0) is 5.41 Å². The number of fused-ring (bicyclic) bond motifs is 13. The summed E-state index contributed by atoms with van der Waals surface area (Å²) in [6.07, 6.45) is 0. The molecule has 2 heteroatoms. The minimum atomic E-state index is -0.393. The van der Waals surface area contributed by atoms with Gasteiger partial charge in [0.25, 0.3) is 0 Å². The Balaban J connectivity index is 1.11. The first-order chi connectivity index (χ1) is 28.3. The summed E-state index contributed by atoms with van der Waals surface area (Å²) in [6.45, 7) is 0. The number of furan rings is 1. The van der Waals surface area contributed by atoms with Gasteiger partial charge in [-0.05, 0) is 104 Å². The van der Waals surface area contributed by atoms with E-state index < -0.39 is 5.41 Å². The molecule has 0 aliphatic heterocycles. The minimum absolute atomic E-state index is 0.393. The van der Waals surface area contributed by atoms with Crippen LogP contribution in [0.3, 0.4) is 0 Å². The first-order valence-corrected chi connectivity index (χ1v) is 19.7. The third kappa shape index (κ3) is 4.53. The van der Waals surface area contributed by atoms with Crippen molar-refractivity contribution in [3.05, 3.63) is 235 Å². The summed E-state index contributed by atoms with van der Waals surface area (Å²) < 4.78 is 6.41. The summed E-state index contributed by atoms with van der Waals surface area (Å²) in [5.74, 6) is 0. The van der Waals surface area contributed by atoms with Crippen LogP contribution in [0.15, 0.2) is 217 Å². The van der Waals surface area contributed by atoms with Crippen LogP contribution in [-0.4, -0.2) is 0 Å². The molecule has 0 N–H and O–H groups in total. The van der Waals surface area contributed by atoms with Crippen LogP contribution in [0.4, 0.5) is 17.1 Å². The molecule has 266 valence electrons. The third-order valence-electron chi connectivity index (χ3n) is 12.3. The highest BCUT2D eigenvalue weighted by molar-refractivity contribution is 6.14. The maximum Gasteiger partial charge on any atom is 0.136 e. The van der Waals surface area contributed by atoms with Gasteiger partial charge in [-0.25, -0.2) is 0 Å². The number of rotatable bonds is 5. The summed E-state index contributed by atoms with van der Waals surface area (Å²) in [6, 6.07) is 77.4. The van der Waals surface area contributed by atoms with Crippen molar-refractivity contribution < 1.29 is 4.42 Å². The first-order valence-electron chi connectivity index (χ1n) is 19.7. The van der Waals surface area contributed by atoms with Gasteiger partial charge < -0.3 is 9.32 Å². The second kappa shape index (κ2) is 12.3. The smallest absolute Gasteiger partial charge is 0.136 e. The summed E-state index contributed by atoms with van der Waals surface area (Å²) in [5, 5.41) is 2.25. The molecule has 0 unspecified atom stereocenters. The number of anilines is 3. The fourth-order valence-corrected chi connectivity index (χ4v) is 9.98. The maximum atomic E-state index is 6.41. The van der Waals surface area contributed by atoms with E-state index in [1.807, 2.05) is 6.07 Å². The fraction of sp³-hybridized carbons (Fsp3) is 0.0182. The van der Waals surface area contributed by atoms with E-state index in [4.69, 9.17) is 4.42 Å². The van der Waals surface area contributed by atoms with Gasteiger partial charge in [0, 0.05) is 27.7 Å². The SMILES string of the molecule is c1ccc(-c2ccc(N(c3ccc4c(c3)-c3ccccc3C43c4ccccc4-c4ccccc43)c3ccccc3-c3cccc4oc5ccccc5c34)cc2)cc1. The molecule has 57 heavy (non-hydrogen) atoms. The highest BCUT2D eigenvalue weighted by Gasteiger charge is 2.51. The lowest BCUT2D eigenvalue weighted by Gasteiger charge is -2.31. The molecule has 0 saturated heterocycles. The molecule has 0 bridgehead atoms. The van der Waals surface area contributed by atoms with Gasteiger partial charge in [-0.2, -0.15) is 0 Å². The van der Waals surface area contributed by atoms with E-state index in [-0.39, 0.29) is 0 Å². The van der Waals surface area contributed by atoms with Crippen molar-refractivity contribution in [2.24, 2.45) is 0 Å². The Hall–Kier alpha value is -7.42. The van der Waals surface area contributed by atoms with Crippen LogP contribution >= 0.6 is 0 Å². The minimum Gasteiger partial charge on any atom is -0.456 e. The van der Waals surface area contributed by atoms with E-state index in [1.54, 1.807) is 0 Å². The lowest BCUT2D eigenvalue weighted by Crippen LogP contribution is -2.25. The molecule has 1 spiro atoms. The zero-order chi connectivity index (χ0) is 37.5. The topological polar surface area (TPSA) is 16.4 Å². The number of para-hydroxylation sites is 2. The van der Waals surface area contributed by atoms with Gasteiger partial charge in [0.05, 0.1) is 11.1 Å². The zero-order valence-electron chi connectivity index (χ0n) is 31.1. The molecule has 12 rings (SSSR count). The molecular weight excluding hydrogens is 691 g/mol. The van der Waals surface area contributed by atoms with Gasteiger partial charge in [0.15, 0.2) is 0 Å². The van der Waals surface area contributed by atoms with Crippen LogP contribution in [0.1, 0.15) is 22.3 Å². The zero-order valence-corrected chi connectivity index (χ0v) is 31.1. The number of benzene rings is 9. The Morgan fingerprint density at radius 3 is 1.56 bits per heavy atom. The quantitative estimate of drug-likeness (QED) is 0.176. The molecule has 10 aromatic rings. The predicted molar refractivity (Wildman–Crippen MR) is 236 cm³/mol. The Morgan fingerprint density at radius 2 is 0.842 bits per heavy atom. The van der Waals surface area contributed by atoms with Gasteiger partial charge in [-0.1, -0.05) is 170 Å². The fourth-order valence-electron chi connectivity index (χ4n) is 9.98. The van der Waals surface area contributed by atoms with Crippen LogP contribution < -0.4 is 4.90 Å². The molecule has 0 saturated carbocycles. The van der Waals surface area contributed by atoms with Gasteiger partial charge in [-0.3, -0.25) is 0 Å². The molecule has 1 heterocycles.